The van der Waals surface area contributed by atoms with Crippen molar-refractivity contribution in [1.82, 2.24) is 10.2 Å². The Morgan fingerprint density at radius 1 is 1.00 bits per heavy atom. The monoisotopic (exact) mass is 200 g/mol. The summed E-state index contributed by atoms with van der Waals surface area (Å²) in [6.45, 7) is 2.53. The first kappa shape index (κ1) is 9.65. The molecule has 0 saturated heterocycles. The predicted molar refractivity (Wildman–Crippen MR) is 58.6 cm³/mol. The number of aromatic nitrogens is 2. The molecular formula is C12H12N2O. The Hall–Kier alpha value is -1.90. The van der Waals surface area contributed by atoms with Crippen LogP contribution < -0.4 is 4.74 Å². The molecule has 0 spiro atoms. The van der Waals surface area contributed by atoms with Crippen molar-refractivity contribution in [2.75, 3.05) is 6.61 Å². The average Bonchev–Trinajstić information content (AvgIpc) is 2.32. The van der Waals surface area contributed by atoms with Crippen LogP contribution >= 0.6 is 0 Å². The van der Waals surface area contributed by atoms with Gasteiger partial charge >= 0.3 is 0 Å². The molecule has 15 heavy (non-hydrogen) atoms. The zero-order valence-corrected chi connectivity index (χ0v) is 8.55. The summed E-state index contributed by atoms with van der Waals surface area (Å²) in [7, 11) is 0. The van der Waals surface area contributed by atoms with Gasteiger partial charge in [0.1, 0.15) is 0 Å². The Labute approximate surface area is 88.7 Å². The van der Waals surface area contributed by atoms with Crippen molar-refractivity contribution >= 4 is 0 Å². The van der Waals surface area contributed by atoms with Crippen LogP contribution in [-0.2, 0) is 0 Å². The molecule has 0 aliphatic carbocycles. The topological polar surface area (TPSA) is 35.0 Å². The van der Waals surface area contributed by atoms with Crippen molar-refractivity contribution in [3.05, 3.63) is 42.5 Å². The Kier molecular flexibility index (Phi) is 2.93. The Bertz CT molecular complexity index is 411. The largest absolute Gasteiger partial charge is 0.477 e. The molecule has 0 fully saturated rings. The molecule has 76 valence electrons. The number of benzene rings is 1. The summed E-state index contributed by atoms with van der Waals surface area (Å²) in [6, 6.07) is 13.7. The molecule has 0 N–H and O–H groups in total. The van der Waals surface area contributed by atoms with Gasteiger partial charge in [0.25, 0.3) is 0 Å². The molecule has 0 aliphatic heterocycles. The van der Waals surface area contributed by atoms with Gasteiger partial charge in [-0.25, -0.2) is 0 Å². The third-order valence-corrected chi connectivity index (χ3v) is 2.00. The third-order valence-electron chi connectivity index (χ3n) is 2.00. The lowest BCUT2D eigenvalue weighted by Crippen LogP contribution is -1.96. The van der Waals surface area contributed by atoms with Gasteiger partial charge in [-0.15, -0.1) is 10.2 Å². The summed E-state index contributed by atoms with van der Waals surface area (Å²) in [6.07, 6.45) is 0. The Balaban J connectivity index is 2.24. The minimum absolute atomic E-state index is 0.567. The number of hydrogen-bond acceptors (Lipinski definition) is 3. The van der Waals surface area contributed by atoms with Gasteiger partial charge in [-0.1, -0.05) is 30.3 Å². The third kappa shape index (κ3) is 2.31. The molecule has 2 aromatic rings. The molecule has 0 aliphatic rings. The highest BCUT2D eigenvalue weighted by Gasteiger charge is 1.99. The molecular weight excluding hydrogens is 188 g/mol. The lowest BCUT2D eigenvalue weighted by molar-refractivity contribution is 0.323. The number of ether oxygens (including phenoxy) is 1. The van der Waals surface area contributed by atoms with Crippen LogP contribution in [0.2, 0.25) is 0 Å². The van der Waals surface area contributed by atoms with Crippen LogP contribution in [-0.4, -0.2) is 16.8 Å². The normalized spacial score (nSPS) is 9.93. The molecule has 1 aromatic heterocycles. The second-order valence-electron chi connectivity index (χ2n) is 3.06. The summed E-state index contributed by atoms with van der Waals surface area (Å²) in [5.41, 5.74) is 1.92. The second-order valence-corrected chi connectivity index (χ2v) is 3.06. The van der Waals surface area contributed by atoms with E-state index in [9.17, 15) is 0 Å². The van der Waals surface area contributed by atoms with Crippen LogP contribution in [0.1, 0.15) is 6.92 Å². The van der Waals surface area contributed by atoms with Crippen molar-refractivity contribution in [1.29, 1.82) is 0 Å². The maximum Gasteiger partial charge on any atom is 0.233 e. The molecule has 0 unspecified atom stereocenters. The summed E-state index contributed by atoms with van der Waals surface area (Å²) in [5, 5.41) is 8.07. The fraction of sp³-hybridized carbons (Fsp3) is 0.167. The first-order valence-electron chi connectivity index (χ1n) is 4.92. The average molecular weight is 200 g/mol. The predicted octanol–water partition coefficient (Wildman–Crippen LogP) is 2.54. The lowest BCUT2D eigenvalue weighted by Gasteiger charge is -2.02. The van der Waals surface area contributed by atoms with E-state index in [1.54, 1.807) is 0 Å². The molecule has 2 rings (SSSR count). The first-order chi connectivity index (χ1) is 7.40. The van der Waals surface area contributed by atoms with Gasteiger partial charge < -0.3 is 4.74 Å². The number of hydrogen-bond donors (Lipinski definition) is 0. The minimum Gasteiger partial charge on any atom is -0.477 e. The highest BCUT2D eigenvalue weighted by molar-refractivity contribution is 5.58. The zero-order chi connectivity index (χ0) is 10.5. The first-order valence-corrected chi connectivity index (χ1v) is 4.92. The summed E-state index contributed by atoms with van der Waals surface area (Å²) in [5.74, 6) is 0.567. The van der Waals surface area contributed by atoms with Gasteiger partial charge in [0.15, 0.2) is 0 Å². The fourth-order valence-corrected chi connectivity index (χ4v) is 1.31. The smallest absolute Gasteiger partial charge is 0.233 e. The van der Waals surface area contributed by atoms with E-state index in [1.165, 1.54) is 0 Å². The standard InChI is InChI=1S/C12H12N2O/c1-2-15-12-9-8-11(13-14-12)10-6-4-3-5-7-10/h3-9H,2H2,1H3. The SMILES string of the molecule is CCOc1ccc(-c2ccccc2)nn1. The molecule has 3 nitrogen and oxygen atoms in total. The maximum atomic E-state index is 5.22. The van der Waals surface area contributed by atoms with Gasteiger partial charge in [-0.3, -0.25) is 0 Å². The van der Waals surface area contributed by atoms with Crippen LogP contribution in [0.3, 0.4) is 0 Å². The van der Waals surface area contributed by atoms with E-state index < -0.39 is 0 Å². The number of nitrogens with zero attached hydrogens (tertiary/aromatic N) is 2. The summed E-state index contributed by atoms with van der Waals surface area (Å²) < 4.78 is 5.22. The Morgan fingerprint density at radius 2 is 1.80 bits per heavy atom. The van der Waals surface area contributed by atoms with Crippen LogP contribution in [0, 0.1) is 0 Å². The van der Waals surface area contributed by atoms with Crippen LogP contribution in [0.5, 0.6) is 5.88 Å². The quantitative estimate of drug-likeness (QED) is 0.763. The molecule has 3 heteroatoms. The molecule has 0 bridgehead atoms. The van der Waals surface area contributed by atoms with Crippen LogP contribution in [0.25, 0.3) is 11.3 Å². The molecule has 0 amide bonds. The Morgan fingerprint density at radius 3 is 2.40 bits per heavy atom. The van der Waals surface area contributed by atoms with E-state index in [0.29, 0.717) is 12.5 Å². The van der Waals surface area contributed by atoms with Gasteiger partial charge in [0.2, 0.25) is 5.88 Å². The molecule has 1 aromatic carbocycles. The van der Waals surface area contributed by atoms with E-state index in [0.717, 1.165) is 11.3 Å². The van der Waals surface area contributed by atoms with Gasteiger partial charge in [-0.05, 0) is 13.0 Å². The fourth-order valence-electron chi connectivity index (χ4n) is 1.31. The van der Waals surface area contributed by atoms with Gasteiger partial charge in [0, 0.05) is 11.6 Å². The van der Waals surface area contributed by atoms with E-state index >= 15 is 0 Å². The van der Waals surface area contributed by atoms with E-state index in [-0.39, 0.29) is 0 Å². The van der Waals surface area contributed by atoms with Crippen molar-refractivity contribution in [3.63, 3.8) is 0 Å². The molecule has 1 heterocycles. The van der Waals surface area contributed by atoms with Crippen LogP contribution in [0.15, 0.2) is 42.5 Å². The maximum absolute atomic E-state index is 5.22. The summed E-state index contributed by atoms with van der Waals surface area (Å²) in [4.78, 5) is 0. The van der Waals surface area contributed by atoms with Crippen molar-refractivity contribution in [2.45, 2.75) is 6.92 Å². The van der Waals surface area contributed by atoms with Crippen LogP contribution in [0.4, 0.5) is 0 Å². The summed E-state index contributed by atoms with van der Waals surface area (Å²) >= 11 is 0. The molecule has 0 radical (unpaired) electrons. The van der Waals surface area contributed by atoms with Gasteiger partial charge in [0.05, 0.1) is 12.3 Å². The van der Waals surface area contributed by atoms with E-state index in [1.807, 2.05) is 49.4 Å². The second kappa shape index (κ2) is 4.55. The van der Waals surface area contributed by atoms with Gasteiger partial charge in [-0.2, -0.15) is 0 Å². The molecule has 0 saturated carbocycles. The lowest BCUT2D eigenvalue weighted by atomic mass is 10.1. The van der Waals surface area contributed by atoms with E-state index in [4.69, 9.17) is 4.74 Å². The van der Waals surface area contributed by atoms with Crippen molar-refractivity contribution in [3.8, 4) is 17.1 Å². The minimum atomic E-state index is 0.567. The number of rotatable bonds is 3. The molecule has 0 atom stereocenters. The van der Waals surface area contributed by atoms with Crippen molar-refractivity contribution < 1.29 is 4.74 Å². The highest BCUT2D eigenvalue weighted by Crippen LogP contribution is 2.16. The zero-order valence-electron chi connectivity index (χ0n) is 8.55. The van der Waals surface area contributed by atoms with E-state index in [2.05, 4.69) is 10.2 Å². The highest BCUT2D eigenvalue weighted by atomic mass is 16.5. The van der Waals surface area contributed by atoms with Crippen molar-refractivity contribution in [2.24, 2.45) is 0 Å².